The van der Waals surface area contributed by atoms with Crippen molar-refractivity contribution in [3.63, 3.8) is 0 Å². The Morgan fingerprint density at radius 2 is 2.35 bits per heavy atom. The van der Waals surface area contributed by atoms with Crippen molar-refractivity contribution in [3.05, 3.63) is 40.1 Å². The summed E-state index contributed by atoms with van der Waals surface area (Å²) in [5, 5.41) is 12.8. The van der Waals surface area contributed by atoms with Crippen LogP contribution in [0, 0.1) is 0 Å². The molecule has 0 spiro atoms. The van der Waals surface area contributed by atoms with E-state index in [9.17, 15) is 5.11 Å². The first kappa shape index (κ1) is 12.3. The van der Waals surface area contributed by atoms with Crippen LogP contribution in [0.4, 0.5) is 0 Å². The summed E-state index contributed by atoms with van der Waals surface area (Å²) in [4.78, 5) is 4.58. The van der Waals surface area contributed by atoms with E-state index in [0.29, 0.717) is 0 Å². The third kappa shape index (κ3) is 3.17. The summed E-state index contributed by atoms with van der Waals surface area (Å²) < 4.78 is 2.06. The SMILES string of the molecule is CCCc1nc(Cn2ccc(C(C)O)c2)cs1. The summed E-state index contributed by atoms with van der Waals surface area (Å²) >= 11 is 1.73. The van der Waals surface area contributed by atoms with Gasteiger partial charge in [0.25, 0.3) is 0 Å². The highest BCUT2D eigenvalue weighted by Crippen LogP contribution is 2.15. The molecule has 0 amide bonds. The molecule has 0 saturated carbocycles. The Morgan fingerprint density at radius 3 is 3.00 bits per heavy atom. The molecule has 0 aliphatic carbocycles. The highest BCUT2D eigenvalue weighted by Gasteiger charge is 2.05. The minimum absolute atomic E-state index is 0.401. The first-order valence-electron chi connectivity index (χ1n) is 5.96. The molecule has 1 unspecified atom stereocenters. The van der Waals surface area contributed by atoms with Crippen LogP contribution in [0.25, 0.3) is 0 Å². The lowest BCUT2D eigenvalue weighted by molar-refractivity contribution is 0.199. The lowest BCUT2D eigenvalue weighted by Crippen LogP contribution is -1.97. The fraction of sp³-hybridized carbons (Fsp3) is 0.462. The maximum Gasteiger partial charge on any atom is 0.0928 e. The highest BCUT2D eigenvalue weighted by molar-refractivity contribution is 7.09. The maximum absolute atomic E-state index is 9.45. The Balaban J connectivity index is 2.03. The average molecular weight is 250 g/mol. The monoisotopic (exact) mass is 250 g/mol. The molecule has 0 saturated heterocycles. The van der Waals surface area contributed by atoms with Gasteiger partial charge in [0.05, 0.1) is 23.4 Å². The molecule has 0 radical (unpaired) electrons. The number of nitrogens with zero attached hydrogens (tertiary/aromatic N) is 2. The minimum atomic E-state index is -0.401. The fourth-order valence-electron chi connectivity index (χ4n) is 1.74. The van der Waals surface area contributed by atoms with Gasteiger partial charge in [-0.1, -0.05) is 6.92 Å². The van der Waals surface area contributed by atoms with E-state index in [1.807, 2.05) is 18.5 Å². The standard InChI is InChI=1S/C13H18N2OS/c1-3-4-13-14-12(9-17-13)8-15-6-5-11(7-15)10(2)16/h5-7,9-10,16H,3-4,8H2,1-2H3. The molecule has 1 atom stereocenters. The van der Waals surface area contributed by atoms with Crippen molar-refractivity contribution in [2.45, 2.75) is 39.3 Å². The summed E-state index contributed by atoms with van der Waals surface area (Å²) in [5.74, 6) is 0. The molecule has 0 aromatic carbocycles. The van der Waals surface area contributed by atoms with Crippen molar-refractivity contribution < 1.29 is 5.11 Å². The van der Waals surface area contributed by atoms with Crippen LogP contribution in [0.5, 0.6) is 0 Å². The Hall–Kier alpha value is -1.13. The quantitative estimate of drug-likeness (QED) is 0.886. The van der Waals surface area contributed by atoms with Gasteiger partial charge < -0.3 is 9.67 Å². The van der Waals surface area contributed by atoms with E-state index in [4.69, 9.17) is 0 Å². The van der Waals surface area contributed by atoms with Gasteiger partial charge in [-0.05, 0) is 31.4 Å². The number of hydrogen-bond donors (Lipinski definition) is 1. The molecule has 3 nitrogen and oxygen atoms in total. The maximum atomic E-state index is 9.45. The molecule has 0 aliphatic heterocycles. The van der Waals surface area contributed by atoms with Crippen LogP contribution in [0.3, 0.4) is 0 Å². The number of thiazole rings is 1. The second-order valence-electron chi connectivity index (χ2n) is 4.28. The van der Waals surface area contributed by atoms with Crippen molar-refractivity contribution in [2.24, 2.45) is 0 Å². The number of aryl methyl sites for hydroxylation is 1. The molecule has 17 heavy (non-hydrogen) atoms. The van der Waals surface area contributed by atoms with Gasteiger partial charge in [0, 0.05) is 17.8 Å². The van der Waals surface area contributed by atoms with E-state index in [1.165, 1.54) is 5.01 Å². The van der Waals surface area contributed by atoms with Crippen LogP contribution >= 0.6 is 11.3 Å². The molecule has 4 heteroatoms. The number of rotatable bonds is 5. The normalized spacial score (nSPS) is 12.9. The summed E-state index contributed by atoms with van der Waals surface area (Å²) in [7, 11) is 0. The molecule has 0 bridgehead atoms. The number of hydrogen-bond acceptors (Lipinski definition) is 3. The van der Waals surface area contributed by atoms with Gasteiger partial charge in [0.15, 0.2) is 0 Å². The molecule has 2 aromatic rings. The van der Waals surface area contributed by atoms with Crippen molar-refractivity contribution in [3.8, 4) is 0 Å². The van der Waals surface area contributed by atoms with Gasteiger partial charge >= 0.3 is 0 Å². The second-order valence-corrected chi connectivity index (χ2v) is 5.22. The van der Waals surface area contributed by atoms with Crippen molar-refractivity contribution in [1.82, 2.24) is 9.55 Å². The van der Waals surface area contributed by atoms with Crippen LogP contribution < -0.4 is 0 Å². The molecular weight excluding hydrogens is 232 g/mol. The van der Waals surface area contributed by atoms with E-state index in [-0.39, 0.29) is 0 Å². The second kappa shape index (κ2) is 5.47. The molecule has 2 heterocycles. The van der Waals surface area contributed by atoms with Crippen molar-refractivity contribution in [1.29, 1.82) is 0 Å². The first-order chi connectivity index (χ1) is 8.19. The van der Waals surface area contributed by atoms with E-state index in [1.54, 1.807) is 18.3 Å². The molecule has 2 aromatic heterocycles. The summed E-state index contributed by atoms with van der Waals surface area (Å²) in [6, 6.07) is 1.95. The average Bonchev–Trinajstić information content (AvgIpc) is 2.89. The first-order valence-corrected chi connectivity index (χ1v) is 6.84. The molecule has 0 fully saturated rings. The number of aliphatic hydroxyl groups is 1. The van der Waals surface area contributed by atoms with Crippen molar-refractivity contribution >= 4 is 11.3 Å². The Labute approximate surface area is 106 Å². The molecular formula is C13H18N2OS. The lowest BCUT2D eigenvalue weighted by Gasteiger charge is -2.00. The zero-order valence-corrected chi connectivity index (χ0v) is 11.1. The minimum Gasteiger partial charge on any atom is -0.389 e. The third-order valence-corrected chi connectivity index (χ3v) is 3.62. The Morgan fingerprint density at radius 1 is 1.53 bits per heavy atom. The Bertz CT molecular complexity index is 473. The van der Waals surface area contributed by atoms with E-state index in [2.05, 4.69) is 21.9 Å². The van der Waals surface area contributed by atoms with Gasteiger partial charge in [-0.3, -0.25) is 0 Å². The lowest BCUT2D eigenvalue weighted by atomic mass is 10.2. The predicted octanol–water partition coefficient (Wildman–Crippen LogP) is 3.00. The zero-order valence-electron chi connectivity index (χ0n) is 10.3. The predicted molar refractivity (Wildman–Crippen MR) is 70.3 cm³/mol. The van der Waals surface area contributed by atoms with E-state index >= 15 is 0 Å². The highest BCUT2D eigenvalue weighted by atomic mass is 32.1. The molecule has 92 valence electrons. The molecule has 0 aliphatic rings. The summed E-state index contributed by atoms with van der Waals surface area (Å²) in [6.07, 6.45) is 5.77. The number of aliphatic hydroxyl groups excluding tert-OH is 1. The van der Waals surface area contributed by atoms with Crippen molar-refractivity contribution in [2.75, 3.05) is 0 Å². The largest absolute Gasteiger partial charge is 0.389 e. The van der Waals surface area contributed by atoms with Gasteiger partial charge in [0.2, 0.25) is 0 Å². The fourth-order valence-corrected chi connectivity index (χ4v) is 2.63. The summed E-state index contributed by atoms with van der Waals surface area (Å²) in [5.41, 5.74) is 2.06. The van der Waals surface area contributed by atoms with Gasteiger partial charge in [-0.15, -0.1) is 11.3 Å². The van der Waals surface area contributed by atoms with Gasteiger partial charge in [-0.25, -0.2) is 4.98 Å². The topological polar surface area (TPSA) is 38.0 Å². The molecule has 2 rings (SSSR count). The van der Waals surface area contributed by atoms with Crippen LogP contribution in [-0.2, 0) is 13.0 Å². The Kier molecular flexibility index (Phi) is 3.97. The summed E-state index contributed by atoms with van der Waals surface area (Å²) in [6.45, 7) is 4.73. The smallest absolute Gasteiger partial charge is 0.0928 e. The molecule has 1 N–H and O–H groups in total. The van der Waals surface area contributed by atoms with E-state index < -0.39 is 6.10 Å². The van der Waals surface area contributed by atoms with Crippen LogP contribution in [0.15, 0.2) is 23.8 Å². The third-order valence-electron chi connectivity index (χ3n) is 2.66. The van der Waals surface area contributed by atoms with E-state index in [0.717, 1.165) is 30.6 Å². The van der Waals surface area contributed by atoms with Crippen LogP contribution in [0.1, 0.15) is 42.6 Å². The van der Waals surface area contributed by atoms with Crippen LogP contribution in [-0.4, -0.2) is 14.7 Å². The van der Waals surface area contributed by atoms with Gasteiger partial charge in [-0.2, -0.15) is 0 Å². The van der Waals surface area contributed by atoms with Gasteiger partial charge in [0.1, 0.15) is 0 Å². The zero-order chi connectivity index (χ0) is 12.3. The number of aromatic nitrogens is 2. The van der Waals surface area contributed by atoms with Crippen LogP contribution in [0.2, 0.25) is 0 Å².